The molecule has 74 heavy (non-hydrogen) atoms. The minimum Gasteiger partial charge on any atom is -0.348 e. The van der Waals surface area contributed by atoms with Crippen LogP contribution in [0.15, 0.2) is 72.8 Å². The van der Waals surface area contributed by atoms with Crippen LogP contribution in [0, 0.1) is 17.3 Å². The number of nitrogens with zero attached hydrogens (tertiary/aromatic N) is 2. The minimum absolute atomic E-state index is 0.0332. The highest BCUT2D eigenvalue weighted by Gasteiger charge is 2.48. The fraction of sp³-hybridized carbons (Fsp3) is 0.526. The topological polar surface area (TPSA) is 210 Å². The van der Waals surface area contributed by atoms with E-state index >= 15 is 0 Å². The van der Waals surface area contributed by atoms with E-state index in [2.05, 4.69) is 80.4 Å². The smallest absolute Gasteiger partial charge is 0.296 e. The zero-order valence-electron chi connectivity index (χ0n) is 44.7. The number of nitrogens with one attached hydrogen (secondary N) is 7. The molecule has 7 N–H and O–H groups in total. The summed E-state index contributed by atoms with van der Waals surface area (Å²) >= 11 is 0. The molecule has 2 fully saturated rings. The second-order valence-corrected chi connectivity index (χ2v) is 27.7. The first-order chi connectivity index (χ1) is 35.2. The maximum absolute atomic E-state index is 14.7. The Hall–Kier alpha value is -6.35. The number of likely N-dealkylation sites (tertiary alicyclic amines) is 1. The molecule has 4 aliphatic rings. The third-order valence-corrected chi connectivity index (χ3v) is 18.0. The molecule has 0 spiro atoms. The van der Waals surface area contributed by atoms with Crippen molar-refractivity contribution in [2.45, 2.75) is 159 Å². The molecule has 0 bridgehead atoms. The van der Waals surface area contributed by atoms with E-state index in [0.29, 0.717) is 17.8 Å². The van der Waals surface area contributed by atoms with Gasteiger partial charge in [-0.15, -0.1) is 0 Å². The van der Waals surface area contributed by atoms with Gasteiger partial charge in [0.05, 0.1) is 32.2 Å². The van der Waals surface area contributed by atoms with Crippen molar-refractivity contribution in [2.24, 2.45) is 5.41 Å². The molecule has 0 saturated carbocycles. The van der Waals surface area contributed by atoms with Gasteiger partial charge in [0.1, 0.15) is 24.2 Å². The van der Waals surface area contributed by atoms with Crippen LogP contribution in [-0.4, -0.2) is 128 Å². The number of likely N-dealkylation sites (N-methyl/N-ethyl adjacent to an activating group) is 2. The summed E-state index contributed by atoms with van der Waals surface area (Å²) in [5.41, 5.74) is 5.15. The molecule has 3 aromatic rings. The van der Waals surface area contributed by atoms with Crippen LogP contribution >= 0.6 is 0 Å². The molecule has 7 amide bonds. The van der Waals surface area contributed by atoms with Crippen LogP contribution in [0.3, 0.4) is 0 Å². The molecule has 3 aromatic carbocycles. The highest BCUT2D eigenvalue weighted by Crippen LogP contribution is 2.34. The molecule has 0 radical (unpaired) electrons. The zero-order chi connectivity index (χ0) is 53.5. The molecule has 2 saturated heterocycles. The molecule has 0 aromatic heterocycles. The van der Waals surface area contributed by atoms with E-state index in [9.17, 15) is 33.6 Å². The number of aryl methyl sites for hydroxylation is 2. The lowest BCUT2D eigenvalue weighted by atomic mass is 9.85. The third kappa shape index (κ3) is 13.5. The third-order valence-electron chi connectivity index (χ3n) is 15.3. The van der Waals surface area contributed by atoms with Gasteiger partial charge >= 0.3 is 0 Å². The Kier molecular flexibility index (Phi) is 17.9. The van der Waals surface area contributed by atoms with Crippen LogP contribution in [0.25, 0.3) is 0 Å². The van der Waals surface area contributed by atoms with Crippen molar-refractivity contribution in [3.8, 4) is 11.8 Å². The van der Waals surface area contributed by atoms with Gasteiger partial charge < -0.3 is 47.0 Å². The van der Waals surface area contributed by atoms with E-state index in [1.807, 2.05) is 51.1 Å². The molecule has 2 aliphatic heterocycles. The van der Waals surface area contributed by atoms with Crippen molar-refractivity contribution in [1.82, 2.24) is 47.0 Å². The first kappa shape index (κ1) is 55.4. The van der Waals surface area contributed by atoms with Gasteiger partial charge in [0.2, 0.25) is 35.4 Å². The number of carbonyl (C=O) groups is 7. The van der Waals surface area contributed by atoms with Crippen LogP contribution in [0.4, 0.5) is 0 Å². The Morgan fingerprint density at radius 2 is 1.23 bits per heavy atom. The zero-order valence-corrected chi connectivity index (χ0v) is 45.7. The number of amides is 7. The lowest BCUT2D eigenvalue weighted by Crippen LogP contribution is -2.59. The number of fused-ring (bicyclic) bond motifs is 2. The number of rotatable bonds is 15. The quantitative estimate of drug-likeness (QED) is 0.0873. The molecule has 396 valence electrons. The summed E-state index contributed by atoms with van der Waals surface area (Å²) in [6.07, 6.45) is 6.13. The molecule has 16 nitrogen and oxygen atoms in total. The first-order valence-corrected chi connectivity index (χ1v) is 29.8. The number of carbonyl (C=O) groups excluding carboxylic acids is 7. The Balaban J connectivity index is 1.04. The van der Waals surface area contributed by atoms with Crippen molar-refractivity contribution in [1.29, 1.82) is 0 Å². The Morgan fingerprint density at radius 3 is 1.78 bits per heavy atom. The van der Waals surface area contributed by atoms with Gasteiger partial charge in [-0.3, -0.25) is 33.6 Å². The standard InChI is InChI=1S/C57H77N9O7Si/c1-35(58-6)51(68)63-46(55(72)66-34-74(8,9)33-48(66)54(71)62-45-23-15-19-40-17-11-13-21-43(40)45)30-38-26-24-37(25-27-38)28-29-49(67)60-41-31-47(53(70)61-44-22-14-18-39-16-10-12-20-42(39)44)65(32-41)56(73)50(57(3,4)5)64-52(69)36(2)59-7/h10-13,16-17,20-21,24-27,35-36,41,44-48,50,58-59H,14-15,18-19,22-23,30-34H2,1-9H3,(H,60,67)(H,61,70)(H,62,71)(H,63,68)(H,64,69)/t35-,36-,41-,44?,45?,46?,47-,48-,50+/m0/s1. The minimum atomic E-state index is -2.01. The van der Waals surface area contributed by atoms with Crippen molar-refractivity contribution in [3.63, 3.8) is 0 Å². The Morgan fingerprint density at radius 1 is 0.689 bits per heavy atom. The Labute approximate surface area is 438 Å². The fourth-order valence-corrected chi connectivity index (χ4v) is 13.7. The van der Waals surface area contributed by atoms with Gasteiger partial charge in [-0.2, -0.15) is 0 Å². The van der Waals surface area contributed by atoms with E-state index in [-0.39, 0.29) is 61.0 Å². The SMILES string of the molecule is CN[C@@H](C)C(=O)NC(Cc1ccc(C#CC(=O)N[C@H]2C[C@@H](C(=O)NC3CCCc4ccccc43)N(C(=O)[C@@H](NC(=O)[C@H](C)NC)C(C)(C)C)C2)cc1)C(=O)N1C[Si](C)(C)C[C@H]1C(=O)NC1CCCc2ccccc21. The second-order valence-electron chi connectivity index (χ2n) is 22.6. The van der Waals surface area contributed by atoms with Crippen LogP contribution in [-0.2, 0) is 52.8 Å². The Bertz CT molecular complexity index is 2640. The van der Waals surface area contributed by atoms with Gasteiger partial charge in [0.25, 0.3) is 5.91 Å². The van der Waals surface area contributed by atoms with Gasteiger partial charge in [-0.25, -0.2) is 0 Å². The van der Waals surface area contributed by atoms with Gasteiger partial charge in [-0.05, 0) is 124 Å². The summed E-state index contributed by atoms with van der Waals surface area (Å²) in [5, 5.41) is 21.2. The summed E-state index contributed by atoms with van der Waals surface area (Å²) in [7, 11) is 1.33. The lowest BCUT2D eigenvalue weighted by Gasteiger charge is -2.36. The van der Waals surface area contributed by atoms with E-state index < -0.39 is 67.6 Å². The van der Waals surface area contributed by atoms with Crippen molar-refractivity contribution < 1.29 is 33.6 Å². The average Bonchev–Trinajstić information content (AvgIpc) is 3.96. The van der Waals surface area contributed by atoms with Crippen molar-refractivity contribution in [2.75, 3.05) is 26.8 Å². The largest absolute Gasteiger partial charge is 0.348 e. The van der Waals surface area contributed by atoms with Crippen LogP contribution in [0.1, 0.15) is 112 Å². The van der Waals surface area contributed by atoms with Crippen LogP contribution in [0.5, 0.6) is 0 Å². The summed E-state index contributed by atoms with van der Waals surface area (Å²) in [5.74, 6) is 3.10. The predicted octanol–water partition coefficient (Wildman–Crippen LogP) is 3.74. The van der Waals surface area contributed by atoms with Crippen molar-refractivity contribution in [3.05, 3.63) is 106 Å². The summed E-state index contributed by atoms with van der Waals surface area (Å²) < 4.78 is 0. The highest BCUT2D eigenvalue weighted by atomic mass is 28.3. The number of hydrogen-bond donors (Lipinski definition) is 7. The number of hydrogen-bond acceptors (Lipinski definition) is 9. The fourth-order valence-electron chi connectivity index (χ4n) is 10.9. The molecule has 2 aliphatic carbocycles. The molecule has 7 rings (SSSR count). The van der Waals surface area contributed by atoms with Crippen LogP contribution < -0.4 is 37.2 Å². The van der Waals surface area contributed by atoms with Gasteiger partial charge in [-0.1, -0.05) is 100 Å². The summed E-state index contributed by atoms with van der Waals surface area (Å²) in [6.45, 7) is 13.4. The molecular formula is C57H77N9O7Si. The second kappa shape index (κ2) is 23.9. The van der Waals surface area contributed by atoms with E-state index in [1.165, 1.54) is 16.0 Å². The monoisotopic (exact) mass is 1030 g/mol. The molecule has 17 heteroatoms. The highest BCUT2D eigenvalue weighted by molar-refractivity contribution is 6.79. The molecular weight excluding hydrogens is 951 g/mol. The first-order valence-electron chi connectivity index (χ1n) is 26.4. The predicted molar refractivity (Wildman–Crippen MR) is 288 cm³/mol. The average molecular weight is 1030 g/mol. The molecule has 3 unspecified atom stereocenters. The summed E-state index contributed by atoms with van der Waals surface area (Å²) in [6, 6.07) is 18.4. The number of benzene rings is 3. The molecule has 2 heterocycles. The van der Waals surface area contributed by atoms with Gasteiger partial charge in [0.15, 0.2) is 0 Å². The molecule has 9 atom stereocenters. The summed E-state index contributed by atoms with van der Waals surface area (Å²) in [4.78, 5) is 101. The van der Waals surface area contributed by atoms with Crippen molar-refractivity contribution >= 4 is 49.4 Å². The van der Waals surface area contributed by atoms with Gasteiger partial charge in [0, 0.05) is 36.7 Å². The lowest BCUT2D eigenvalue weighted by molar-refractivity contribution is -0.144. The maximum atomic E-state index is 14.7. The maximum Gasteiger partial charge on any atom is 0.296 e. The van der Waals surface area contributed by atoms with E-state index in [4.69, 9.17) is 0 Å². The van der Waals surface area contributed by atoms with Crippen LogP contribution in [0.2, 0.25) is 19.1 Å². The normalized spacial score (nSPS) is 22.5. The van der Waals surface area contributed by atoms with E-state index in [1.54, 1.807) is 57.1 Å². The van der Waals surface area contributed by atoms with E-state index in [0.717, 1.165) is 55.2 Å².